The summed E-state index contributed by atoms with van der Waals surface area (Å²) < 4.78 is 0. The Morgan fingerprint density at radius 2 is 2.00 bits per heavy atom. The molecule has 0 aromatic carbocycles. The number of thiophene rings is 1. The monoisotopic (exact) mass is 178 g/mol. The van der Waals surface area contributed by atoms with Crippen LogP contribution in [0.5, 0.6) is 0 Å². The Bertz CT molecular complexity index is 315. The van der Waals surface area contributed by atoms with Gasteiger partial charge in [0.05, 0.1) is 4.88 Å². The highest BCUT2D eigenvalue weighted by Gasteiger charge is 2.03. The molecule has 0 aliphatic heterocycles. The second kappa shape index (κ2) is 3.33. The van der Waals surface area contributed by atoms with E-state index >= 15 is 0 Å². The summed E-state index contributed by atoms with van der Waals surface area (Å²) in [5, 5.41) is 2.13. The van der Waals surface area contributed by atoms with Gasteiger partial charge in [0.2, 0.25) is 0 Å². The summed E-state index contributed by atoms with van der Waals surface area (Å²) >= 11 is 1.72. The molecule has 12 heavy (non-hydrogen) atoms. The molecule has 0 saturated heterocycles. The molecule has 64 valence electrons. The fourth-order valence-corrected chi connectivity index (χ4v) is 1.49. The van der Waals surface area contributed by atoms with Crippen LogP contribution >= 0.6 is 11.3 Å². The predicted octanol–water partition coefficient (Wildman–Crippen LogP) is 3.45. The van der Waals surface area contributed by atoms with Crippen LogP contribution < -0.4 is 0 Å². The Balaban J connectivity index is 2.80. The summed E-state index contributed by atoms with van der Waals surface area (Å²) in [6, 6.07) is 2.13. The molecular formula is C11H14S. The van der Waals surface area contributed by atoms with Crippen molar-refractivity contribution in [3.8, 4) is 11.8 Å². The third-order valence-corrected chi connectivity index (χ3v) is 2.25. The largest absolute Gasteiger partial charge is 0.135 e. The fourth-order valence-electron chi connectivity index (χ4n) is 0.746. The molecule has 1 heteroatoms. The Labute approximate surface area is 78.6 Å². The van der Waals surface area contributed by atoms with Gasteiger partial charge in [-0.2, -0.15) is 0 Å². The first-order chi connectivity index (χ1) is 5.47. The molecule has 0 unspecified atom stereocenters. The molecule has 0 aliphatic rings. The lowest BCUT2D eigenvalue weighted by molar-refractivity contribution is 0.571. The van der Waals surface area contributed by atoms with Crippen molar-refractivity contribution >= 4 is 11.3 Å². The molecule has 0 saturated carbocycles. The third kappa shape index (κ3) is 3.11. The smallest absolute Gasteiger partial charge is 0.0771 e. The Morgan fingerprint density at radius 3 is 2.42 bits per heavy atom. The topological polar surface area (TPSA) is 0 Å². The first-order valence-corrected chi connectivity index (χ1v) is 4.94. The van der Waals surface area contributed by atoms with Gasteiger partial charge in [0.15, 0.2) is 0 Å². The van der Waals surface area contributed by atoms with Crippen molar-refractivity contribution < 1.29 is 0 Å². The summed E-state index contributed by atoms with van der Waals surface area (Å²) in [6.45, 7) is 8.47. The summed E-state index contributed by atoms with van der Waals surface area (Å²) in [4.78, 5) is 1.17. The lowest BCUT2D eigenvalue weighted by atomic mass is 9.98. The Kier molecular flexibility index (Phi) is 2.59. The first-order valence-electron chi connectivity index (χ1n) is 4.06. The lowest BCUT2D eigenvalue weighted by Gasteiger charge is -2.06. The number of hydrogen-bond donors (Lipinski definition) is 0. The second-order valence-corrected chi connectivity index (χ2v) is 4.90. The highest BCUT2D eigenvalue weighted by atomic mass is 32.1. The molecule has 0 aliphatic carbocycles. The van der Waals surface area contributed by atoms with Crippen molar-refractivity contribution in [1.82, 2.24) is 0 Å². The molecule has 1 heterocycles. The van der Waals surface area contributed by atoms with Gasteiger partial charge in [-0.1, -0.05) is 11.8 Å². The highest BCUT2D eigenvalue weighted by molar-refractivity contribution is 7.10. The van der Waals surface area contributed by atoms with Gasteiger partial charge in [-0.25, -0.2) is 0 Å². The Hall–Kier alpha value is -0.740. The molecule has 0 nitrogen and oxygen atoms in total. The van der Waals surface area contributed by atoms with Crippen LogP contribution in [-0.2, 0) is 0 Å². The molecule has 0 N–H and O–H groups in total. The number of aryl methyl sites for hydroxylation is 1. The highest BCUT2D eigenvalue weighted by Crippen LogP contribution is 2.14. The van der Waals surface area contributed by atoms with E-state index in [1.54, 1.807) is 11.3 Å². The van der Waals surface area contributed by atoms with Crippen LogP contribution in [0, 0.1) is 24.2 Å². The molecule has 1 aromatic heterocycles. The van der Waals surface area contributed by atoms with E-state index in [0.29, 0.717) is 0 Å². The van der Waals surface area contributed by atoms with E-state index < -0.39 is 0 Å². The minimum atomic E-state index is 0.109. The Morgan fingerprint density at radius 1 is 1.33 bits per heavy atom. The third-order valence-electron chi connectivity index (χ3n) is 1.29. The first kappa shape index (κ1) is 9.35. The van der Waals surface area contributed by atoms with E-state index in [0.717, 1.165) is 0 Å². The zero-order chi connectivity index (χ0) is 9.19. The molecular weight excluding hydrogens is 164 g/mol. The van der Waals surface area contributed by atoms with Crippen LogP contribution in [0.15, 0.2) is 11.4 Å². The summed E-state index contributed by atoms with van der Waals surface area (Å²) in [5.74, 6) is 6.39. The van der Waals surface area contributed by atoms with Crippen molar-refractivity contribution in [1.29, 1.82) is 0 Å². The van der Waals surface area contributed by atoms with Crippen LogP contribution in [0.2, 0.25) is 0 Å². The molecule has 0 radical (unpaired) electrons. The van der Waals surface area contributed by atoms with Crippen LogP contribution in [0.25, 0.3) is 0 Å². The zero-order valence-corrected chi connectivity index (χ0v) is 8.88. The maximum atomic E-state index is 3.21. The van der Waals surface area contributed by atoms with Gasteiger partial charge in [0, 0.05) is 5.41 Å². The van der Waals surface area contributed by atoms with Crippen LogP contribution in [0.4, 0.5) is 0 Å². The molecule has 0 amide bonds. The fraction of sp³-hybridized carbons (Fsp3) is 0.455. The van der Waals surface area contributed by atoms with Crippen LogP contribution in [-0.4, -0.2) is 0 Å². The lowest BCUT2D eigenvalue weighted by Crippen LogP contribution is -1.98. The van der Waals surface area contributed by atoms with Gasteiger partial charge in [-0.3, -0.25) is 0 Å². The van der Waals surface area contributed by atoms with Gasteiger partial charge in [-0.15, -0.1) is 11.3 Å². The van der Waals surface area contributed by atoms with Gasteiger partial charge in [0.25, 0.3) is 0 Å². The van der Waals surface area contributed by atoms with Crippen LogP contribution in [0.1, 0.15) is 31.2 Å². The van der Waals surface area contributed by atoms with Crippen molar-refractivity contribution in [2.75, 3.05) is 0 Å². The second-order valence-electron chi connectivity index (χ2n) is 3.99. The van der Waals surface area contributed by atoms with E-state index in [-0.39, 0.29) is 5.41 Å². The van der Waals surface area contributed by atoms with Gasteiger partial charge < -0.3 is 0 Å². The zero-order valence-electron chi connectivity index (χ0n) is 8.06. The van der Waals surface area contributed by atoms with E-state index in [9.17, 15) is 0 Å². The van der Waals surface area contributed by atoms with Gasteiger partial charge in [-0.05, 0) is 44.7 Å². The quantitative estimate of drug-likeness (QED) is 0.534. The normalized spacial score (nSPS) is 10.7. The average Bonchev–Trinajstić information content (AvgIpc) is 2.30. The number of hydrogen-bond acceptors (Lipinski definition) is 1. The van der Waals surface area contributed by atoms with E-state index in [1.165, 1.54) is 10.4 Å². The van der Waals surface area contributed by atoms with E-state index in [2.05, 4.69) is 51.0 Å². The van der Waals surface area contributed by atoms with E-state index in [4.69, 9.17) is 0 Å². The minimum absolute atomic E-state index is 0.109. The summed E-state index contributed by atoms with van der Waals surface area (Å²) in [6.07, 6.45) is 0. The maximum absolute atomic E-state index is 3.21. The molecule has 0 bridgehead atoms. The SMILES string of the molecule is Cc1csc(C#CC(C)(C)C)c1. The van der Waals surface area contributed by atoms with Crippen molar-refractivity contribution in [3.05, 3.63) is 21.9 Å². The average molecular weight is 178 g/mol. The van der Waals surface area contributed by atoms with Crippen molar-refractivity contribution in [2.24, 2.45) is 5.41 Å². The minimum Gasteiger partial charge on any atom is -0.135 e. The van der Waals surface area contributed by atoms with Crippen LogP contribution in [0.3, 0.4) is 0 Å². The van der Waals surface area contributed by atoms with Crippen molar-refractivity contribution in [2.45, 2.75) is 27.7 Å². The number of rotatable bonds is 0. The van der Waals surface area contributed by atoms with Gasteiger partial charge in [0.1, 0.15) is 0 Å². The molecule has 0 atom stereocenters. The van der Waals surface area contributed by atoms with E-state index in [1.807, 2.05) is 0 Å². The molecule has 0 spiro atoms. The molecule has 0 fully saturated rings. The summed E-state index contributed by atoms with van der Waals surface area (Å²) in [5.41, 5.74) is 1.41. The molecule has 1 aromatic rings. The van der Waals surface area contributed by atoms with Gasteiger partial charge >= 0.3 is 0 Å². The van der Waals surface area contributed by atoms with Crippen molar-refractivity contribution in [3.63, 3.8) is 0 Å². The maximum Gasteiger partial charge on any atom is 0.0771 e. The standard InChI is InChI=1S/C11H14S/c1-9-7-10(12-8-9)5-6-11(2,3)4/h7-8H,1-4H3. The summed E-state index contributed by atoms with van der Waals surface area (Å²) in [7, 11) is 0. The predicted molar refractivity (Wildman–Crippen MR) is 55.4 cm³/mol. The molecule has 1 rings (SSSR count).